The molecule has 0 saturated carbocycles. The lowest BCUT2D eigenvalue weighted by Crippen LogP contribution is -2.32. The summed E-state index contributed by atoms with van der Waals surface area (Å²) in [5.74, 6) is -0.577. The number of nitrogens with one attached hydrogen (secondary N) is 1. The van der Waals surface area contributed by atoms with E-state index in [0.717, 1.165) is 31.2 Å². The van der Waals surface area contributed by atoms with Gasteiger partial charge in [0.15, 0.2) is 0 Å². The Balaban J connectivity index is 1.87. The first-order valence-corrected chi connectivity index (χ1v) is 10.5. The second-order valence-corrected chi connectivity index (χ2v) is 8.48. The van der Waals surface area contributed by atoms with Crippen molar-refractivity contribution in [3.05, 3.63) is 59.4 Å². The van der Waals surface area contributed by atoms with Crippen LogP contribution in [0.4, 0.5) is 10.1 Å². The molecule has 1 N–H and O–H groups in total. The van der Waals surface area contributed by atoms with E-state index in [1.807, 2.05) is 0 Å². The minimum absolute atomic E-state index is 0.00981. The average molecular weight is 390 g/mol. The van der Waals surface area contributed by atoms with Crippen molar-refractivity contribution in [2.75, 3.05) is 17.8 Å². The van der Waals surface area contributed by atoms with E-state index in [4.69, 9.17) is 0 Å². The third kappa shape index (κ3) is 4.66. The number of likely N-dealkylation sites (tertiary alicyclic amines) is 1. The van der Waals surface area contributed by atoms with Crippen LogP contribution < -0.4 is 4.72 Å². The number of hydrogen-bond acceptors (Lipinski definition) is 3. The number of carbonyl (C=O) groups is 1. The standard InChI is InChI=1S/C20H23FN2O3S/c1-15-6-11-18(27(25,26)22-17-9-7-16(21)8-10-17)14-19(15)20(24)23-12-4-2-3-5-13-23/h6-11,14,22H,2-5,12-13H2,1H3. The first-order chi connectivity index (χ1) is 12.9. The highest BCUT2D eigenvalue weighted by Gasteiger charge is 2.22. The molecule has 2 aromatic carbocycles. The Kier molecular flexibility index (Phi) is 5.79. The van der Waals surface area contributed by atoms with Gasteiger partial charge in [-0.1, -0.05) is 18.9 Å². The van der Waals surface area contributed by atoms with Crippen LogP contribution in [-0.2, 0) is 10.0 Å². The van der Waals surface area contributed by atoms with Crippen molar-refractivity contribution in [3.8, 4) is 0 Å². The molecule has 1 aliphatic rings. The number of carbonyl (C=O) groups excluding carboxylic acids is 1. The smallest absolute Gasteiger partial charge is 0.261 e. The maximum Gasteiger partial charge on any atom is 0.261 e. The summed E-state index contributed by atoms with van der Waals surface area (Å²) in [6, 6.07) is 9.61. The number of anilines is 1. The Bertz CT molecular complexity index is 919. The van der Waals surface area contributed by atoms with E-state index in [9.17, 15) is 17.6 Å². The summed E-state index contributed by atoms with van der Waals surface area (Å²) in [6.45, 7) is 3.20. The van der Waals surface area contributed by atoms with Gasteiger partial charge in [0.25, 0.3) is 15.9 Å². The van der Waals surface area contributed by atoms with Crippen LogP contribution in [0.5, 0.6) is 0 Å². The predicted octanol–water partition coefficient (Wildman–Crippen LogP) is 3.95. The molecule has 0 aromatic heterocycles. The number of rotatable bonds is 4. The van der Waals surface area contributed by atoms with Crippen molar-refractivity contribution >= 4 is 21.6 Å². The fourth-order valence-electron chi connectivity index (χ4n) is 3.17. The average Bonchev–Trinajstić information content (AvgIpc) is 2.92. The van der Waals surface area contributed by atoms with Crippen molar-refractivity contribution in [1.29, 1.82) is 0 Å². The molecular weight excluding hydrogens is 367 g/mol. The number of halogens is 1. The van der Waals surface area contributed by atoms with Gasteiger partial charge in [0, 0.05) is 24.3 Å². The Morgan fingerprint density at radius 1 is 1.00 bits per heavy atom. The first kappa shape index (κ1) is 19.4. The zero-order valence-corrected chi connectivity index (χ0v) is 16.1. The molecule has 1 saturated heterocycles. The van der Waals surface area contributed by atoms with E-state index < -0.39 is 15.8 Å². The van der Waals surface area contributed by atoms with E-state index in [1.165, 1.54) is 36.4 Å². The van der Waals surface area contributed by atoms with Gasteiger partial charge in [-0.15, -0.1) is 0 Å². The summed E-state index contributed by atoms with van der Waals surface area (Å²) < 4.78 is 40.8. The van der Waals surface area contributed by atoms with Gasteiger partial charge in [0.05, 0.1) is 4.90 Å². The van der Waals surface area contributed by atoms with E-state index in [1.54, 1.807) is 17.9 Å². The van der Waals surface area contributed by atoms with Crippen molar-refractivity contribution in [2.45, 2.75) is 37.5 Å². The fraction of sp³-hybridized carbons (Fsp3) is 0.350. The fourth-order valence-corrected chi connectivity index (χ4v) is 4.26. The number of hydrogen-bond donors (Lipinski definition) is 1. The molecule has 27 heavy (non-hydrogen) atoms. The molecule has 0 spiro atoms. The van der Waals surface area contributed by atoms with Crippen LogP contribution in [-0.4, -0.2) is 32.3 Å². The summed E-state index contributed by atoms with van der Waals surface area (Å²) in [6.07, 6.45) is 4.15. The van der Waals surface area contributed by atoms with Gasteiger partial charge in [-0.3, -0.25) is 9.52 Å². The summed E-state index contributed by atoms with van der Waals surface area (Å²) in [7, 11) is -3.88. The molecule has 1 amide bonds. The van der Waals surface area contributed by atoms with Gasteiger partial charge >= 0.3 is 0 Å². The molecule has 1 aliphatic heterocycles. The molecule has 0 radical (unpaired) electrons. The van der Waals surface area contributed by atoms with Crippen LogP contribution in [0.25, 0.3) is 0 Å². The molecule has 5 nitrogen and oxygen atoms in total. The molecular formula is C20H23FN2O3S. The van der Waals surface area contributed by atoms with E-state index >= 15 is 0 Å². The lowest BCUT2D eigenvalue weighted by Gasteiger charge is -2.21. The lowest BCUT2D eigenvalue weighted by atomic mass is 10.1. The monoisotopic (exact) mass is 390 g/mol. The minimum atomic E-state index is -3.88. The maximum atomic E-state index is 13.0. The Hall–Kier alpha value is -2.41. The van der Waals surface area contributed by atoms with Crippen LogP contribution in [0, 0.1) is 12.7 Å². The van der Waals surface area contributed by atoms with Gasteiger partial charge in [0.2, 0.25) is 0 Å². The minimum Gasteiger partial charge on any atom is -0.339 e. The third-order valence-electron chi connectivity index (χ3n) is 4.74. The molecule has 0 atom stereocenters. The number of amides is 1. The molecule has 0 aliphatic carbocycles. The highest BCUT2D eigenvalue weighted by molar-refractivity contribution is 7.92. The Morgan fingerprint density at radius 2 is 1.63 bits per heavy atom. The largest absolute Gasteiger partial charge is 0.339 e. The normalized spacial score (nSPS) is 15.3. The van der Waals surface area contributed by atoms with Gasteiger partial charge in [0.1, 0.15) is 5.82 Å². The van der Waals surface area contributed by atoms with Crippen molar-refractivity contribution in [2.24, 2.45) is 0 Å². The number of sulfonamides is 1. The maximum absolute atomic E-state index is 13.0. The zero-order valence-electron chi connectivity index (χ0n) is 15.2. The SMILES string of the molecule is Cc1ccc(S(=O)(=O)Nc2ccc(F)cc2)cc1C(=O)N1CCCCCC1. The van der Waals surface area contributed by atoms with Crippen LogP contribution in [0.3, 0.4) is 0 Å². The summed E-state index contributed by atoms with van der Waals surface area (Å²) >= 11 is 0. The van der Waals surface area contributed by atoms with Crippen LogP contribution in [0.1, 0.15) is 41.6 Å². The summed E-state index contributed by atoms with van der Waals surface area (Å²) in [4.78, 5) is 14.7. The Labute approximate surface area is 159 Å². The highest BCUT2D eigenvalue weighted by Crippen LogP contribution is 2.22. The molecule has 1 fully saturated rings. The van der Waals surface area contributed by atoms with Gasteiger partial charge in [-0.05, 0) is 61.7 Å². The van der Waals surface area contributed by atoms with E-state index in [-0.39, 0.29) is 16.5 Å². The second-order valence-electron chi connectivity index (χ2n) is 6.80. The van der Waals surface area contributed by atoms with Gasteiger partial charge < -0.3 is 4.90 Å². The molecule has 2 aromatic rings. The molecule has 1 heterocycles. The van der Waals surface area contributed by atoms with E-state index in [0.29, 0.717) is 18.7 Å². The quantitative estimate of drug-likeness (QED) is 0.860. The van der Waals surface area contributed by atoms with Crippen molar-refractivity contribution < 1.29 is 17.6 Å². The number of nitrogens with zero attached hydrogens (tertiary/aromatic N) is 1. The van der Waals surface area contributed by atoms with Crippen LogP contribution in [0.2, 0.25) is 0 Å². The third-order valence-corrected chi connectivity index (χ3v) is 6.12. The number of benzene rings is 2. The van der Waals surface area contributed by atoms with Crippen LogP contribution >= 0.6 is 0 Å². The molecule has 0 unspecified atom stereocenters. The zero-order chi connectivity index (χ0) is 19.4. The topological polar surface area (TPSA) is 66.5 Å². The van der Waals surface area contributed by atoms with Crippen molar-refractivity contribution in [1.82, 2.24) is 4.90 Å². The second kappa shape index (κ2) is 8.08. The molecule has 7 heteroatoms. The first-order valence-electron chi connectivity index (χ1n) is 9.05. The molecule has 3 rings (SSSR count). The van der Waals surface area contributed by atoms with Gasteiger partial charge in [-0.25, -0.2) is 12.8 Å². The van der Waals surface area contributed by atoms with Crippen molar-refractivity contribution in [3.63, 3.8) is 0 Å². The highest BCUT2D eigenvalue weighted by atomic mass is 32.2. The van der Waals surface area contributed by atoms with Gasteiger partial charge in [-0.2, -0.15) is 0 Å². The summed E-state index contributed by atoms with van der Waals surface area (Å²) in [5, 5.41) is 0. The predicted molar refractivity (Wildman–Crippen MR) is 103 cm³/mol. The lowest BCUT2D eigenvalue weighted by molar-refractivity contribution is 0.0760. The Morgan fingerprint density at radius 3 is 2.26 bits per heavy atom. The molecule has 0 bridgehead atoms. The van der Waals surface area contributed by atoms with Crippen LogP contribution in [0.15, 0.2) is 47.4 Å². The summed E-state index contributed by atoms with van der Waals surface area (Å²) in [5.41, 5.74) is 1.40. The van der Waals surface area contributed by atoms with E-state index in [2.05, 4.69) is 4.72 Å². The molecule has 144 valence electrons. The number of aryl methyl sites for hydroxylation is 1.